The summed E-state index contributed by atoms with van der Waals surface area (Å²) in [7, 11) is 0. The Labute approximate surface area is 251 Å². The topological polar surface area (TPSA) is 142 Å². The number of aliphatic hydroxyl groups is 1. The van der Waals surface area contributed by atoms with Crippen LogP contribution in [0.2, 0.25) is 0 Å². The normalized spacial score (nSPS) is 25.8. The van der Waals surface area contributed by atoms with Crippen molar-refractivity contribution in [2.75, 3.05) is 6.61 Å². The first-order valence-electron chi connectivity index (χ1n) is 13.9. The number of aliphatic hydroxyl groups excluding tert-OH is 1. The van der Waals surface area contributed by atoms with Crippen molar-refractivity contribution >= 4 is 27.6 Å². The van der Waals surface area contributed by atoms with E-state index in [4.69, 9.17) is 18.9 Å². The molecule has 6 atom stereocenters. The zero-order valence-corrected chi connectivity index (χ0v) is 25.1. The van der Waals surface area contributed by atoms with Gasteiger partial charge in [0, 0.05) is 5.56 Å². The Morgan fingerprint density at radius 2 is 1.91 bits per heavy atom. The monoisotopic (exact) mass is 612 g/mol. The molecule has 0 aliphatic carbocycles. The molecule has 2 aliphatic heterocycles. The van der Waals surface area contributed by atoms with Gasteiger partial charge in [-0.2, -0.15) is 5.10 Å². The van der Waals surface area contributed by atoms with Crippen molar-refractivity contribution in [2.24, 2.45) is 0 Å². The number of hydrogen-bond acceptors (Lipinski definition) is 11. The molecule has 4 heterocycles. The number of hydrazine groups is 1. The molecular formula is C29H33FN6O6S. The van der Waals surface area contributed by atoms with Gasteiger partial charge in [0.25, 0.3) is 0 Å². The summed E-state index contributed by atoms with van der Waals surface area (Å²) in [6.07, 6.45) is -5.33. The van der Waals surface area contributed by atoms with Gasteiger partial charge in [0.15, 0.2) is 17.9 Å². The Bertz CT molecular complexity index is 1620. The molecule has 1 amide bonds. The average molecular weight is 613 g/mol. The highest BCUT2D eigenvalue weighted by Gasteiger charge is 2.51. The highest BCUT2D eigenvalue weighted by Crippen LogP contribution is 2.39. The van der Waals surface area contributed by atoms with Gasteiger partial charge in [-0.3, -0.25) is 5.43 Å². The lowest BCUT2D eigenvalue weighted by molar-refractivity contribution is -0.313. The molecule has 0 radical (unpaired) electrons. The molecule has 12 nitrogen and oxygen atoms in total. The van der Waals surface area contributed by atoms with Gasteiger partial charge < -0.3 is 24.1 Å². The number of hydrogen-bond donors (Lipinski definition) is 3. The number of nitrogens with one attached hydrogen (secondary N) is 2. The number of carbonyl (C=O) groups is 1. The number of ether oxygens (including phenoxy) is 4. The van der Waals surface area contributed by atoms with Gasteiger partial charge in [0.1, 0.15) is 41.5 Å². The molecular weight excluding hydrogens is 579 g/mol. The minimum absolute atomic E-state index is 0.117. The molecule has 2 aliphatic rings. The fraction of sp³-hybridized carbons (Fsp3) is 0.448. The first-order valence-corrected chi connectivity index (χ1v) is 14.7. The molecule has 2 fully saturated rings. The zero-order valence-electron chi connectivity index (χ0n) is 24.3. The Hall–Kier alpha value is -3.53. The van der Waals surface area contributed by atoms with Gasteiger partial charge in [0.2, 0.25) is 0 Å². The summed E-state index contributed by atoms with van der Waals surface area (Å²) < 4.78 is 41.5. The maximum absolute atomic E-state index is 15.8. The highest BCUT2D eigenvalue weighted by molar-refractivity contribution is 7.18. The minimum Gasteiger partial charge on any atom is -0.443 e. The smallest absolute Gasteiger partial charge is 0.422 e. The van der Waals surface area contributed by atoms with Crippen LogP contribution in [0, 0.1) is 19.7 Å². The second-order valence-electron chi connectivity index (χ2n) is 11.5. The molecule has 4 aromatic rings. The van der Waals surface area contributed by atoms with Crippen LogP contribution in [0.15, 0.2) is 42.5 Å². The molecule has 14 heteroatoms. The molecule has 6 rings (SSSR count). The van der Waals surface area contributed by atoms with E-state index in [1.165, 1.54) is 16.0 Å². The number of benzene rings is 2. The number of rotatable bonds is 5. The number of halogens is 1. The Balaban J connectivity index is 1.34. The molecule has 4 unspecified atom stereocenters. The van der Waals surface area contributed by atoms with E-state index in [9.17, 15) is 9.90 Å². The molecule has 2 aromatic heterocycles. The standard InChI is InChI=1S/C29H33FN6O6S/c1-14-31-26(36(35-14)18-12-11-17-25(20(18)30)43-15(2)32-17)24-22(37)21(33-34-28(38)42-29(3,4)5)23-19(40-24)13-39-27(41-23)16-9-7-6-8-10-16/h6-12,19,21-24,27,33,37H,13H2,1-5H3,(H,34,38)/t19?,21?,22?,23-,24+,27?/m0/s1. The summed E-state index contributed by atoms with van der Waals surface area (Å²) in [6.45, 7) is 8.83. The number of carbonyl (C=O) groups excluding carboxylic acids is 1. The van der Waals surface area contributed by atoms with Gasteiger partial charge in [-0.1, -0.05) is 30.3 Å². The third-order valence-corrected chi connectivity index (χ3v) is 8.01. The molecule has 43 heavy (non-hydrogen) atoms. The molecule has 0 spiro atoms. The van der Waals surface area contributed by atoms with E-state index in [-0.39, 0.29) is 18.1 Å². The summed E-state index contributed by atoms with van der Waals surface area (Å²) in [5.41, 5.74) is 6.15. The van der Waals surface area contributed by atoms with Gasteiger partial charge in [-0.05, 0) is 46.8 Å². The lowest BCUT2D eigenvalue weighted by Crippen LogP contribution is -2.66. The van der Waals surface area contributed by atoms with Crippen molar-refractivity contribution in [3.05, 3.63) is 70.5 Å². The van der Waals surface area contributed by atoms with Crippen LogP contribution in [0.4, 0.5) is 9.18 Å². The summed E-state index contributed by atoms with van der Waals surface area (Å²) in [5.74, 6) is 0.0236. The fourth-order valence-corrected chi connectivity index (χ4v) is 6.11. The summed E-state index contributed by atoms with van der Waals surface area (Å²) in [6, 6.07) is 11.8. The second-order valence-corrected chi connectivity index (χ2v) is 12.7. The van der Waals surface area contributed by atoms with Crippen molar-refractivity contribution in [2.45, 2.75) is 77.0 Å². The number of aryl methyl sites for hydroxylation is 2. The van der Waals surface area contributed by atoms with E-state index in [1.54, 1.807) is 39.8 Å². The molecule has 2 aromatic carbocycles. The molecule has 0 bridgehead atoms. The zero-order chi connectivity index (χ0) is 30.5. The Morgan fingerprint density at radius 3 is 2.65 bits per heavy atom. The van der Waals surface area contributed by atoms with Crippen LogP contribution in [0.25, 0.3) is 15.9 Å². The van der Waals surface area contributed by atoms with E-state index in [0.717, 1.165) is 10.6 Å². The van der Waals surface area contributed by atoms with Crippen LogP contribution < -0.4 is 10.9 Å². The second kappa shape index (κ2) is 11.5. The molecule has 3 N–H and O–H groups in total. The first kappa shape index (κ1) is 29.5. The predicted octanol–water partition coefficient (Wildman–Crippen LogP) is 3.95. The van der Waals surface area contributed by atoms with Crippen LogP contribution >= 0.6 is 11.3 Å². The van der Waals surface area contributed by atoms with Crippen molar-refractivity contribution in [1.29, 1.82) is 0 Å². The summed E-state index contributed by atoms with van der Waals surface area (Å²) in [4.78, 5) is 21.4. The number of thiazole rings is 1. The minimum atomic E-state index is -1.33. The maximum atomic E-state index is 15.8. The largest absolute Gasteiger partial charge is 0.443 e. The van der Waals surface area contributed by atoms with Gasteiger partial charge >= 0.3 is 6.09 Å². The fourth-order valence-electron chi connectivity index (χ4n) is 5.26. The predicted molar refractivity (Wildman–Crippen MR) is 154 cm³/mol. The van der Waals surface area contributed by atoms with Gasteiger partial charge in [0.05, 0.1) is 27.9 Å². The van der Waals surface area contributed by atoms with Crippen molar-refractivity contribution in [1.82, 2.24) is 30.6 Å². The first-order chi connectivity index (χ1) is 20.5. The lowest BCUT2D eigenvalue weighted by Gasteiger charge is -2.48. The van der Waals surface area contributed by atoms with Crippen molar-refractivity contribution < 1.29 is 33.2 Å². The van der Waals surface area contributed by atoms with Crippen LogP contribution in [0.1, 0.15) is 55.4 Å². The number of fused-ring (bicyclic) bond motifs is 2. The summed E-state index contributed by atoms with van der Waals surface area (Å²) in [5, 5.41) is 16.9. The van der Waals surface area contributed by atoms with E-state index >= 15 is 4.39 Å². The number of aromatic nitrogens is 4. The van der Waals surface area contributed by atoms with Crippen molar-refractivity contribution in [3.63, 3.8) is 0 Å². The summed E-state index contributed by atoms with van der Waals surface area (Å²) >= 11 is 1.24. The van der Waals surface area contributed by atoms with Crippen molar-refractivity contribution in [3.8, 4) is 5.69 Å². The van der Waals surface area contributed by atoms with Crippen LogP contribution in [0.5, 0.6) is 0 Å². The van der Waals surface area contributed by atoms with Crippen LogP contribution in [0.3, 0.4) is 0 Å². The van der Waals surface area contributed by atoms with E-state index < -0.39 is 54.3 Å². The van der Waals surface area contributed by atoms with E-state index in [0.29, 0.717) is 16.0 Å². The Kier molecular flexibility index (Phi) is 7.91. The Morgan fingerprint density at radius 1 is 1.14 bits per heavy atom. The van der Waals surface area contributed by atoms with E-state index in [2.05, 4.69) is 25.9 Å². The SMILES string of the molecule is Cc1nc([C@@H]2OC3COC(c4ccccc4)O[C@@H]3C(NNC(=O)OC(C)(C)C)C2O)n(-c2ccc3nc(C)sc3c2F)n1. The van der Waals surface area contributed by atoms with Gasteiger partial charge in [-0.15, -0.1) is 11.3 Å². The lowest BCUT2D eigenvalue weighted by atomic mass is 9.91. The third kappa shape index (κ3) is 5.98. The number of amides is 1. The quantitative estimate of drug-likeness (QED) is 0.284. The highest BCUT2D eigenvalue weighted by atomic mass is 32.1. The van der Waals surface area contributed by atoms with Crippen LogP contribution in [-0.4, -0.2) is 67.5 Å². The molecule has 2 saturated heterocycles. The number of nitrogens with zero attached hydrogens (tertiary/aromatic N) is 4. The van der Waals surface area contributed by atoms with Gasteiger partial charge in [-0.25, -0.2) is 29.3 Å². The molecule has 228 valence electrons. The van der Waals surface area contributed by atoms with E-state index in [1.807, 2.05) is 37.3 Å². The third-order valence-electron chi connectivity index (χ3n) is 7.03. The van der Waals surface area contributed by atoms with Crippen LogP contribution in [-0.2, 0) is 18.9 Å². The molecule has 0 saturated carbocycles. The average Bonchev–Trinajstić information content (AvgIpc) is 3.54. The maximum Gasteiger partial charge on any atom is 0.422 e.